The largest absolute Gasteiger partial charge is 0.0801 e. The van der Waals surface area contributed by atoms with Gasteiger partial charge in [0.05, 0.1) is 4.32 Å². The van der Waals surface area contributed by atoms with E-state index in [1.54, 1.807) is 0 Å². The van der Waals surface area contributed by atoms with Crippen molar-refractivity contribution in [2.75, 3.05) is 0 Å². The van der Waals surface area contributed by atoms with E-state index >= 15 is 0 Å². The molecule has 0 aromatic rings. The first-order valence-corrected chi connectivity index (χ1v) is 6.60. The summed E-state index contributed by atoms with van der Waals surface area (Å²) in [5.41, 5.74) is 2.67. The maximum Gasteiger partial charge on any atom is 0.0520 e. The summed E-state index contributed by atoms with van der Waals surface area (Å²) in [4.78, 5) is 0. The van der Waals surface area contributed by atoms with Crippen LogP contribution in [-0.4, -0.2) is 4.32 Å². The second kappa shape index (κ2) is 3.82. The molecule has 3 heteroatoms. The SMILES string of the molecule is CC1=C(Br)C(C)C(C)(Br)C(C)=C1Br. The highest BCUT2D eigenvalue weighted by atomic mass is 79.9. The van der Waals surface area contributed by atoms with E-state index < -0.39 is 0 Å². The maximum atomic E-state index is 3.78. The Labute approximate surface area is 105 Å². The molecule has 2 unspecified atom stereocenters. The number of hydrogen-bond donors (Lipinski definition) is 0. The first kappa shape index (κ1) is 12.0. The van der Waals surface area contributed by atoms with E-state index in [1.807, 2.05) is 0 Å². The fourth-order valence-electron chi connectivity index (χ4n) is 1.49. The number of rotatable bonds is 0. The summed E-state index contributed by atoms with van der Waals surface area (Å²) in [6.07, 6.45) is 0. The third kappa shape index (κ3) is 1.84. The van der Waals surface area contributed by atoms with Gasteiger partial charge in [0.15, 0.2) is 0 Å². The second-order valence-corrected chi connectivity index (χ2v) is 7.00. The highest BCUT2D eigenvalue weighted by Gasteiger charge is 2.37. The van der Waals surface area contributed by atoms with Gasteiger partial charge in [-0.1, -0.05) is 54.7 Å². The topological polar surface area (TPSA) is 0 Å². The van der Waals surface area contributed by atoms with E-state index in [-0.39, 0.29) is 4.32 Å². The van der Waals surface area contributed by atoms with Gasteiger partial charge in [-0.25, -0.2) is 0 Å². The molecule has 0 saturated heterocycles. The zero-order valence-corrected chi connectivity index (χ0v) is 13.0. The molecule has 1 aliphatic rings. The molecule has 0 saturated carbocycles. The van der Waals surface area contributed by atoms with Crippen LogP contribution < -0.4 is 0 Å². The minimum Gasteiger partial charge on any atom is -0.0801 e. The quantitative estimate of drug-likeness (QED) is 0.517. The molecule has 2 atom stereocenters. The second-order valence-electron chi connectivity index (χ2n) is 3.71. The first-order valence-electron chi connectivity index (χ1n) is 4.22. The third-order valence-electron chi connectivity index (χ3n) is 2.94. The van der Waals surface area contributed by atoms with Crippen molar-refractivity contribution in [3.05, 3.63) is 20.1 Å². The van der Waals surface area contributed by atoms with Crippen LogP contribution in [0.5, 0.6) is 0 Å². The zero-order valence-electron chi connectivity index (χ0n) is 8.21. The van der Waals surface area contributed by atoms with E-state index in [0.717, 1.165) is 0 Å². The van der Waals surface area contributed by atoms with Crippen LogP contribution in [0.4, 0.5) is 0 Å². The number of halogens is 3. The van der Waals surface area contributed by atoms with Crippen LogP contribution in [0.25, 0.3) is 0 Å². The van der Waals surface area contributed by atoms with Gasteiger partial charge in [0.2, 0.25) is 0 Å². The number of alkyl halides is 1. The van der Waals surface area contributed by atoms with E-state index in [4.69, 9.17) is 0 Å². The molecular weight excluding hydrogens is 360 g/mol. The molecule has 1 rings (SSSR count). The summed E-state index contributed by atoms with van der Waals surface area (Å²) < 4.78 is 2.56. The summed E-state index contributed by atoms with van der Waals surface area (Å²) >= 11 is 11.1. The van der Waals surface area contributed by atoms with Gasteiger partial charge >= 0.3 is 0 Å². The average molecular weight is 373 g/mol. The summed E-state index contributed by atoms with van der Waals surface area (Å²) in [6.45, 7) is 8.74. The fourth-order valence-corrected chi connectivity index (χ4v) is 4.04. The van der Waals surface area contributed by atoms with Crippen molar-refractivity contribution in [2.45, 2.75) is 32.0 Å². The highest BCUT2D eigenvalue weighted by molar-refractivity contribution is 9.12. The monoisotopic (exact) mass is 370 g/mol. The smallest absolute Gasteiger partial charge is 0.0520 e. The summed E-state index contributed by atoms with van der Waals surface area (Å²) in [6, 6.07) is 0. The van der Waals surface area contributed by atoms with Crippen LogP contribution in [0.1, 0.15) is 27.7 Å². The van der Waals surface area contributed by atoms with Crippen LogP contribution in [0.15, 0.2) is 20.1 Å². The molecule has 0 N–H and O–H groups in total. The Kier molecular flexibility index (Phi) is 3.52. The summed E-state index contributed by atoms with van der Waals surface area (Å²) in [7, 11) is 0. The summed E-state index contributed by atoms with van der Waals surface area (Å²) in [5, 5.41) is 0. The van der Waals surface area contributed by atoms with Crippen LogP contribution in [0, 0.1) is 5.92 Å². The number of allylic oxidation sites excluding steroid dienone is 4. The lowest BCUT2D eigenvalue weighted by Crippen LogP contribution is -2.31. The molecule has 1 aliphatic carbocycles. The Hall–Kier alpha value is 0.920. The third-order valence-corrected chi connectivity index (χ3v) is 6.70. The predicted octanol–water partition coefficient (Wildman–Crippen LogP) is 5.13. The van der Waals surface area contributed by atoms with E-state index in [2.05, 4.69) is 75.5 Å². The Morgan fingerprint density at radius 3 is 2.15 bits per heavy atom. The molecule has 0 nitrogen and oxygen atoms in total. The van der Waals surface area contributed by atoms with Crippen molar-refractivity contribution >= 4 is 47.8 Å². The maximum absolute atomic E-state index is 3.78. The predicted molar refractivity (Wildman–Crippen MR) is 69.8 cm³/mol. The van der Waals surface area contributed by atoms with E-state index in [0.29, 0.717) is 5.92 Å². The molecule has 0 fully saturated rings. The van der Waals surface area contributed by atoms with Crippen LogP contribution >= 0.6 is 47.8 Å². The van der Waals surface area contributed by atoms with E-state index in [1.165, 1.54) is 20.1 Å². The van der Waals surface area contributed by atoms with Crippen molar-refractivity contribution in [3.63, 3.8) is 0 Å². The minimum absolute atomic E-state index is 0.0597. The Morgan fingerprint density at radius 2 is 1.69 bits per heavy atom. The Morgan fingerprint density at radius 1 is 1.23 bits per heavy atom. The molecule has 0 bridgehead atoms. The lowest BCUT2D eigenvalue weighted by molar-refractivity contribution is 0.570. The molecule has 0 radical (unpaired) electrons. The van der Waals surface area contributed by atoms with Crippen LogP contribution in [-0.2, 0) is 0 Å². The van der Waals surface area contributed by atoms with E-state index in [9.17, 15) is 0 Å². The molecule has 0 amide bonds. The Balaban J connectivity index is 3.32. The number of hydrogen-bond acceptors (Lipinski definition) is 0. The molecule has 0 aromatic carbocycles. The van der Waals surface area contributed by atoms with Gasteiger partial charge < -0.3 is 0 Å². The summed E-state index contributed by atoms with van der Waals surface area (Å²) in [5.74, 6) is 0.480. The van der Waals surface area contributed by atoms with Crippen molar-refractivity contribution in [2.24, 2.45) is 5.92 Å². The minimum atomic E-state index is 0.0597. The van der Waals surface area contributed by atoms with Gasteiger partial charge in [-0.2, -0.15) is 0 Å². The molecule has 0 heterocycles. The lowest BCUT2D eigenvalue weighted by atomic mass is 9.83. The van der Waals surface area contributed by atoms with Gasteiger partial charge in [0.25, 0.3) is 0 Å². The zero-order chi connectivity index (χ0) is 10.4. The average Bonchev–Trinajstić information content (AvgIpc) is 2.09. The standard InChI is InChI=1S/C10H13Br3/c1-5-8(11)6(2)10(4,13)7(3)9(5)12/h6H,1-4H3. The fraction of sp³-hybridized carbons (Fsp3) is 0.600. The first-order chi connectivity index (χ1) is 5.80. The van der Waals surface area contributed by atoms with Gasteiger partial charge in [-0.15, -0.1) is 0 Å². The highest BCUT2D eigenvalue weighted by Crippen LogP contribution is 2.49. The van der Waals surface area contributed by atoms with Crippen LogP contribution in [0.3, 0.4) is 0 Å². The van der Waals surface area contributed by atoms with Gasteiger partial charge in [0.1, 0.15) is 0 Å². The molecular formula is C10H13Br3. The lowest BCUT2D eigenvalue weighted by Gasteiger charge is -2.36. The van der Waals surface area contributed by atoms with Crippen molar-refractivity contribution in [1.29, 1.82) is 0 Å². The van der Waals surface area contributed by atoms with Crippen LogP contribution in [0.2, 0.25) is 0 Å². The normalized spacial score (nSPS) is 35.8. The van der Waals surface area contributed by atoms with Gasteiger partial charge in [-0.3, -0.25) is 0 Å². The van der Waals surface area contributed by atoms with Gasteiger partial charge in [-0.05, 0) is 31.9 Å². The molecule has 0 spiro atoms. The van der Waals surface area contributed by atoms with Gasteiger partial charge in [0, 0.05) is 14.9 Å². The van der Waals surface area contributed by atoms with Crippen molar-refractivity contribution < 1.29 is 0 Å². The molecule has 13 heavy (non-hydrogen) atoms. The molecule has 74 valence electrons. The molecule has 0 aliphatic heterocycles. The van der Waals surface area contributed by atoms with Crippen molar-refractivity contribution in [1.82, 2.24) is 0 Å². The Bertz CT molecular complexity index is 297. The van der Waals surface area contributed by atoms with Crippen molar-refractivity contribution in [3.8, 4) is 0 Å². The molecule has 0 aromatic heterocycles.